The van der Waals surface area contributed by atoms with Crippen molar-refractivity contribution in [2.75, 3.05) is 7.05 Å². The number of nitrogens with two attached hydrogens (primary N) is 1. The number of nitrogens with zero attached hydrogens (tertiary/aromatic N) is 1. The molecule has 2 heteroatoms. The van der Waals surface area contributed by atoms with Crippen LogP contribution in [0.4, 0.5) is 0 Å². The molecule has 1 fully saturated rings. The molecule has 1 rings (SSSR count). The molecular weight excluding hydrogens is 160 g/mol. The van der Waals surface area contributed by atoms with Crippen LogP contribution < -0.4 is 5.73 Å². The zero-order chi connectivity index (χ0) is 10.2. The minimum atomic E-state index is 0.369. The molecule has 0 heterocycles. The summed E-state index contributed by atoms with van der Waals surface area (Å²) in [6, 6.07) is 1.81. The summed E-state index contributed by atoms with van der Waals surface area (Å²) >= 11 is 0. The summed E-state index contributed by atoms with van der Waals surface area (Å²) in [5.74, 6) is 0. The topological polar surface area (TPSA) is 29.3 Å². The van der Waals surface area contributed by atoms with E-state index in [4.69, 9.17) is 5.73 Å². The van der Waals surface area contributed by atoms with Crippen molar-refractivity contribution in [2.24, 2.45) is 11.1 Å². The van der Waals surface area contributed by atoms with Crippen LogP contribution >= 0.6 is 0 Å². The molecule has 0 aromatic carbocycles. The summed E-state index contributed by atoms with van der Waals surface area (Å²) in [6.45, 7) is 9.20. The summed E-state index contributed by atoms with van der Waals surface area (Å²) in [7, 11) is 2.23. The molecule has 2 nitrogen and oxygen atoms in total. The van der Waals surface area contributed by atoms with Gasteiger partial charge in [-0.05, 0) is 32.2 Å². The second-order valence-electron chi connectivity index (χ2n) is 5.59. The molecule has 0 amide bonds. The molecule has 0 bridgehead atoms. The Kier molecular flexibility index (Phi) is 3.03. The van der Waals surface area contributed by atoms with E-state index in [-0.39, 0.29) is 0 Å². The van der Waals surface area contributed by atoms with Crippen molar-refractivity contribution in [2.45, 2.75) is 58.7 Å². The first kappa shape index (κ1) is 11.0. The second-order valence-corrected chi connectivity index (χ2v) is 5.59. The van der Waals surface area contributed by atoms with E-state index in [2.05, 4.69) is 39.6 Å². The molecule has 1 unspecified atom stereocenters. The van der Waals surface area contributed by atoms with Crippen LogP contribution in [0.5, 0.6) is 0 Å². The maximum atomic E-state index is 5.79. The first-order chi connectivity index (χ1) is 5.82. The molecule has 1 atom stereocenters. The van der Waals surface area contributed by atoms with E-state index in [1.54, 1.807) is 0 Å². The lowest BCUT2D eigenvalue weighted by Gasteiger charge is -2.46. The summed E-state index contributed by atoms with van der Waals surface area (Å²) in [6.07, 6.45) is 2.36. The molecule has 1 aliphatic carbocycles. The van der Waals surface area contributed by atoms with Crippen molar-refractivity contribution in [1.29, 1.82) is 0 Å². The molecule has 1 aliphatic rings. The van der Waals surface area contributed by atoms with Gasteiger partial charge in [-0.1, -0.05) is 20.8 Å². The highest BCUT2D eigenvalue weighted by Crippen LogP contribution is 2.30. The second kappa shape index (κ2) is 3.58. The van der Waals surface area contributed by atoms with Gasteiger partial charge in [-0.2, -0.15) is 0 Å². The minimum Gasteiger partial charge on any atom is -0.328 e. The third-order valence-corrected chi connectivity index (χ3v) is 3.59. The quantitative estimate of drug-likeness (QED) is 0.709. The summed E-state index contributed by atoms with van der Waals surface area (Å²) in [5, 5.41) is 0. The molecule has 0 aromatic rings. The Labute approximate surface area is 82.5 Å². The SMILES string of the molecule is CC(N(C)C1CC(N)C1)C(C)(C)C. The van der Waals surface area contributed by atoms with E-state index >= 15 is 0 Å². The van der Waals surface area contributed by atoms with E-state index in [1.165, 1.54) is 12.8 Å². The lowest BCUT2D eigenvalue weighted by molar-refractivity contribution is 0.0495. The fourth-order valence-corrected chi connectivity index (χ4v) is 1.89. The summed E-state index contributed by atoms with van der Waals surface area (Å²) in [5.41, 5.74) is 6.16. The van der Waals surface area contributed by atoms with Gasteiger partial charge in [0.25, 0.3) is 0 Å². The highest BCUT2D eigenvalue weighted by atomic mass is 15.2. The molecule has 1 saturated carbocycles. The normalized spacial score (nSPS) is 31.6. The van der Waals surface area contributed by atoms with Crippen molar-refractivity contribution in [3.63, 3.8) is 0 Å². The van der Waals surface area contributed by atoms with Crippen LogP contribution in [0.25, 0.3) is 0 Å². The fraction of sp³-hybridized carbons (Fsp3) is 1.00. The van der Waals surface area contributed by atoms with Gasteiger partial charge in [-0.25, -0.2) is 0 Å². The first-order valence-electron chi connectivity index (χ1n) is 5.30. The molecule has 0 saturated heterocycles. The molecule has 0 aliphatic heterocycles. The van der Waals surface area contributed by atoms with Crippen molar-refractivity contribution in [3.05, 3.63) is 0 Å². The standard InChI is InChI=1S/C11H24N2/c1-8(11(2,3)4)13(5)10-6-9(12)7-10/h8-10H,6-7,12H2,1-5H3. The summed E-state index contributed by atoms with van der Waals surface area (Å²) < 4.78 is 0. The van der Waals surface area contributed by atoms with Crippen molar-refractivity contribution in [1.82, 2.24) is 4.90 Å². The smallest absolute Gasteiger partial charge is 0.0125 e. The predicted molar refractivity (Wildman–Crippen MR) is 57.7 cm³/mol. The minimum absolute atomic E-state index is 0.369. The average Bonchev–Trinajstić information content (AvgIpc) is 1.94. The van der Waals surface area contributed by atoms with E-state index in [0.717, 1.165) is 6.04 Å². The first-order valence-corrected chi connectivity index (χ1v) is 5.30. The van der Waals surface area contributed by atoms with Gasteiger partial charge in [-0.15, -0.1) is 0 Å². The lowest BCUT2D eigenvalue weighted by Crippen LogP contribution is -2.54. The Hall–Kier alpha value is -0.0800. The van der Waals surface area contributed by atoms with Crippen molar-refractivity contribution >= 4 is 0 Å². The molecule has 13 heavy (non-hydrogen) atoms. The third kappa shape index (κ3) is 2.44. The number of rotatable bonds is 2. The van der Waals surface area contributed by atoms with Gasteiger partial charge in [0.05, 0.1) is 0 Å². The Morgan fingerprint density at radius 1 is 1.31 bits per heavy atom. The molecule has 2 N–H and O–H groups in total. The van der Waals surface area contributed by atoms with Gasteiger partial charge in [0.2, 0.25) is 0 Å². The molecule has 0 spiro atoms. The number of hydrogen-bond donors (Lipinski definition) is 1. The van der Waals surface area contributed by atoms with Crippen LogP contribution in [0.1, 0.15) is 40.5 Å². The van der Waals surface area contributed by atoms with Crippen LogP contribution in [0.3, 0.4) is 0 Å². The Morgan fingerprint density at radius 2 is 1.77 bits per heavy atom. The Morgan fingerprint density at radius 3 is 2.08 bits per heavy atom. The largest absolute Gasteiger partial charge is 0.328 e. The van der Waals surface area contributed by atoms with Gasteiger partial charge in [-0.3, -0.25) is 0 Å². The van der Waals surface area contributed by atoms with Gasteiger partial charge >= 0.3 is 0 Å². The lowest BCUT2D eigenvalue weighted by atomic mass is 9.81. The van der Waals surface area contributed by atoms with E-state index in [1.807, 2.05) is 0 Å². The van der Waals surface area contributed by atoms with E-state index in [9.17, 15) is 0 Å². The third-order valence-electron chi connectivity index (χ3n) is 3.59. The van der Waals surface area contributed by atoms with Gasteiger partial charge in [0.1, 0.15) is 0 Å². The average molecular weight is 184 g/mol. The van der Waals surface area contributed by atoms with E-state index < -0.39 is 0 Å². The molecule has 0 aromatic heterocycles. The highest BCUT2D eigenvalue weighted by molar-refractivity contribution is 4.92. The maximum Gasteiger partial charge on any atom is 0.0125 e. The molecule has 78 valence electrons. The van der Waals surface area contributed by atoms with Gasteiger partial charge < -0.3 is 10.6 Å². The van der Waals surface area contributed by atoms with Crippen LogP contribution in [0.2, 0.25) is 0 Å². The maximum absolute atomic E-state index is 5.79. The molecular formula is C11H24N2. The monoisotopic (exact) mass is 184 g/mol. The van der Waals surface area contributed by atoms with Crippen LogP contribution in [0.15, 0.2) is 0 Å². The van der Waals surface area contributed by atoms with Crippen LogP contribution in [-0.2, 0) is 0 Å². The van der Waals surface area contributed by atoms with Crippen LogP contribution in [0, 0.1) is 5.41 Å². The van der Waals surface area contributed by atoms with Crippen molar-refractivity contribution in [3.8, 4) is 0 Å². The van der Waals surface area contributed by atoms with E-state index in [0.29, 0.717) is 17.5 Å². The molecule has 0 radical (unpaired) electrons. The van der Waals surface area contributed by atoms with Crippen LogP contribution in [-0.4, -0.2) is 30.1 Å². The van der Waals surface area contributed by atoms with Crippen molar-refractivity contribution < 1.29 is 0 Å². The van der Waals surface area contributed by atoms with Gasteiger partial charge in [0, 0.05) is 18.1 Å². The summed E-state index contributed by atoms with van der Waals surface area (Å²) in [4.78, 5) is 2.49. The van der Waals surface area contributed by atoms with Gasteiger partial charge in [0.15, 0.2) is 0 Å². The zero-order valence-electron chi connectivity index (χ0n) is 9.67. The highest BCUT2D eigenvalue weighted by Gasteiger charge is 2.34. The fourth-order valence-electron chi connectivity index (χ4n) is 1.89. The number of hydrogen-bond acceptors (Lipinski definition) is 2. The Bertz CT molecular complexity index is 165. The Balaban J connectivity index is 2.43. The predicted octanol–water partition coefficient (Wildman–Crippen LogP) is 1.84. The zero-order valence-corrected chi connectivity index (χ0v) is 9.67.